The highest BCUT2D eigenvalue weighted by Gasteiger charge is 2.48. The fourth-order valence-corrected chi connectivity index (χ4v) is 7.21. The predicted octanol–water partition coefficient (Wildman–Crippen LogP) is 3.70. The van der Waals surface area contributed by atoms with E-state index in [9.17, 15) is 13.9 Å². The zero-order chi connectivity index (χ0) is 27.9. The predicted molar refractivity (Wildman–Crippen MR) is 147 cm³/mol. The molecular formula is C30H26F3N7O. The molecule has 0 aliphatic carbocycles. The highest BCUT2D eigenvalue weighted by atomic mass is 19.1. The zero-order valence-corrected chi connectivity index (χ0v) is 22.0. The number of nitrogens with zero attached hydrogens (tertiary/aromatic N) is 6. The summed E-state index contributed by atoms with van der Waals surface area (Å²) in [6.07, 6.45) is 2.05. The van der Waals surface area contributed by atoms with E-state index in [0.29, 0.717) is 36.8 Å². The lowest BCUT2D eigenvalue weighted by atomic mass is 9.94. The molecule has 4 aliphatic rings. The van der Waals surface area contributed by atoms with Crippen molar-refractivity contribution < 1.29 is 18.3 Å². The molecule has 0 saturated carbocycles. The van der Waals surface area contributed by atoms with Crippen LogP contribution >= 0.6 is 0 Å². The summed E-state index contributed by atoms with van der Waals surface area (Å²) in [6.45, 7) is 2.61. The van der Waals surface area contributed by atoms with E-state index >= 15 is 4.39 Å². The van der Waals surface area contributed by atoms with E-state index in [-0.39, 0.29) is 45.3 Å². The van der Waals surface area contributed by atoms with Gasteiger partial charge < -0.3 is 15.3 Å². The van der Waals surface area contributed by atoms with Crippen LogP contribution in [-0.2, 0) is 0 Å². The Hall–Kier alpha value is -4.01. The number of anilines is 1. The molecule has 0 unspecified atom stereocenters. The van der Waals surface area contributed by atoms with Crippen LogP contribution in [0.1, 0.15) is 31.5 Å². The summed E-state index contributed by atoms with van der Waals surface area (Å²) in [5, 5.41) is 22.9. The number of piperazine rings is 1. The molecule has 0 radical (unpaired) electrons. The van der Waals surface area contributed by atoms with Crippen molar-refractivity contribution in [1.82, 2.24) is 30.4 Å². The third-order valence-electron chi connectivity index (χ3n) is 9.03. The monoisotopic (exact) mass is 557 g/mol. The van der Waals surface area contributed by atoms with Crippen LogP contribution in [0.15, 0.2) is 30.3 Å². The summed E-state index contributed by atoms with van der Waals surface area (Å²) < 4.78 is 45.8. The number of hydrogen-bond donors (Lipinski definition) is 2. The van der Waals surface area contributed by atoms with Gasteiger partial charge in [0.15, 0.2) is 17.2 Å². The van der Waals surface area contributed by atoms with Crippen molar-refractivity contribution in [3.05, 3.63) is 47.8 Å². The van der Waals surface area contributed by atoms with E-state index in [4.69, 9.17) is 4.98 Å². The number of hydrogen-bond acceptors (Lipinski definition) is 8. The molecule has 208 valence electrons. The molecule has 4 fully saturated rings. The average Bonchev–Trinajstić information content (AvgIpc) is 3.73. The molecule has 4 saturated heterocycles. The fourth-order valence-electron chi connectivity index (χ4n) is 7.21. The molecular weight excluding hydrogens is 531 g/mol. The van der Waals surface area contributed by atoms with Crippen LogP contribution in [0.25, 0.3) is 33.1 Å². The average molecular weight is 558 g/mol. The second kappa shape index (κ2) is 8.99. The number of nitrogens with one attached hydrogen (secondary N) is 1. The van der Waals surface area contributed by atoms with Gasteiger partial charge >= 0.3 is 0 Å². The van der Waals surface area contributed by atoms with E-state index in [1.807, 2.05) is 0 Å². The first-order chi connectivity index (χ1) is 19.9. The highest BCUT2D eigenvalue weighted by Crippen LogP contribution is 2.40. The Morgan fingerprint density at radius 2 is 2.00 bits per heavy atom. The van der Waals surface area contributed by atoms with Gasteiger partial charge in [0, 0.05) is 49.1 Å². The molecule has 8 nitrogen and oxygen atoms in total. The maximum Gasteiger partial charge on any atom is 0.207 e. The Morgan fingerprint density at radius 3 is 2.83 bits per heavy atom. The van der Waals surface area contributed by atoms with Gasteiger partial charge in [-0.2, -0.15) is 0 Å². The summed E-state index contributed by atoms with van der Waals surface area (Å²) in [4.78, 5) is 13.4. The smallest absolute Gasteiger partial charge is 0.207 e. The molecule has 2 N–H and O–H groups in total. The summed E-state index contributed by atoms with van der Waals surface area (Å²) in [7, 11) is 0. The van der Waals surface area contributed by atoms with Gasteiger partial charge in [0.25, 0.3) is 0 Å². The van der Waals surface area contributed by atoms with Crippen LogP contribution in [0.2, 0.25) is 0 Å². The van der Waals surface area contributed by atoms with Gasteiger partial charge in [-0.1, -0.05) is 18.1 Å². The minimum Gasteiger partial charge on any atom is -0.508 e. The van der Waals surface area contributed by atoms with Crippen molar-refractivity contribution in [2.45, 2.75) is 49.5 Å². The van der Waals surface area contributed by atoms with Crippen LogP contribution in [0.5, 0.6) is 5.75 Å². The van der Waals surface area contributed by atoms with Crippen molar-refractivity contribution >= 4 is 27.6 Å². The zero-order valence-electron chi connectivity index (χ0n) is 22.0. The first-order valence-corrected chi connectivity index (χ1v) is 14.0. The lowest BCUT2D eigenvalue weighted by Gasteiger charge is -2.29. The summed E-state index contributed by atoms with van der Waals surface area (Å²) >= 11 is 0. The minimum absolute atomic E-state index is 0.0719. The number of phenols is 1. The molecule has 41 heavy (non-hydrogen) atoms. The fraction of sp³-hybridized carbons (Fsp3) is 0.400. The second-order valence-corrected chi connectivity index (χ2v) is 11.5. The number of phenolic OH excluding ortho intramolecular Hbond substituents is 1. The Bertz CT molecular complexity index is 1810. The second-order valence-electron chi connectivity index (χ2n) is 11.5. The maximum atomic E-state index is 16.5. The van der Waals surface area contributed by atoms with Crippen LogP contribution in [0.4, 0.5) is 19.0 Å². The van der Waals surface area contributed by atoms with Gasteiger partial charge in [0.1, 0.15) is 28.9 Å². The first kappa shape index (κ1) is 24.8. The van der Waals surface area contributed by atoms with E-state index in [1.54, 1.807) is 6.07 Å². The molecule has 8 rings (SSSR count). The van der Waals surface area contributed by atoms with Gasteiger partial charge in [-0.15, -0.1) is 10.2 Å². The summed E-state index contributed by atoms with van der Waals surface area (Å²) in [5.74, 6) is 5.38. The molecule has 2 aromatic carbocycles. The van der Waals surface area contributed by atoms with Gasteiger partial charge in [0.05, 0.1) is 5.54 Å². The maximum absolute atomic E-state index is 16.5. The van der Waals surface area contributed by atoms with Crippen molar-refractivity contribution in [2.75, 3.05) is 31.1 Å². The minimum atomic E-state index is -0.932. The Kier molecular flexibility index (Phi) is 5.43. The summed E-state index contributed by atoms with van der Waals surface area (Å²) in [6, 6.07) is 7.58. The molecule has 4 aliphatic heterocycles. The third kappa shape index (κ3) is 3.85. The Labute approximate surface area is 233 Å². The highest BCUT2D eigenvalue weighted by molar-refractivity contribution is 5.99. The number of aromatic hydroxyl groups is 1. The van der Waals surface area contributed by atoms with E-state index in [1.165, 1.54) is 24.3 Å². The quantitative estimate of drug-likeness (QED) is 0.361. The molecule has 2 bridgehead atoms. The molecule has 6 heterocycles. The van der Waals surface area contributed by atoms with Crippen molar-refractivity contribution in [3.63, 3.8) is 0 Å². The van der Waals surface area contributed by atoms with Crippen LogP contribution in [0.3, 0.4) is 0 Å². The van der Waals surface area contributed by atoms with Crippen molar-refractivity contribution in [1.29, 1.82) is 0 Å². The van der Waals surface area contributed by atoms with Gasteiger partial charge in [-0.25, -0.2) is 23.1 Å². The van der Waals surface area contributed by atoms with Crippen molar-refractivity contribution in [2.24, 2.45) is 0 Å². The molecule has 0 spiro atoms. The molecule has 4 aromatic rings. The van der Waals surface area contributed by atoms with E-state index in [0.717, 1.165) is 32.4 Å². The third-order valence-corrected chi connectivity index (χ3v) is 9.03. The molecule has 11 heteroatoms. The Balaban J connectivity index is 1.32. The van der Waals surface area contributed by atoms with E-state index < -0.39 is 23.3 Å². The topological polar surface area (TPSA) is 90.3 Å². The number of fused-ring (bicyclic) bond motifs is 5. The first-order valence-electron chi connectivity index (χ1n) is 14.0. The van der Waals surface area contributed by atoms with Crippen LogP contribution in [0, 0.1) is 23.5 Å². The number of aromatic nitrogens is 4. The van der Waals surface area contributed by atoms with Gasteiger partial charge in [0.2, 0.25) is 5.82 Å². The van der Waals surface area contributed by atoms with Crippen LogP contribution in [-0.4, -0.2) is 80.1 Å². The van der Waals surface area contributed by atoms with Gasteiger partial charge in [-0.05, 0) is 55.3 Å². The number of benzene rings is 2. The van der Waals surface area contributed by atoms with Crippen LogP contribution < -0.4 is 10.2 Å². The normalized spacial score (nSPS) is 27.1. The lowest BCUT2D eigenvalue weighted by Crippen LogP contribution is -2.44. The molecule has 4 atom stereocenters. The number of halogens is 3. The number of rotatable bonds is 2. The lowest BCUT2D eigenvalue weighted by molar-refractivity contribution is 0.255. The van der Waals surface area contributed by atoms with E-state index in [2.05, 4.69) is 42.1 Å². The Morgan fingerprint density at radius 1 is 1.10 bits per heavy atom. The SMILES string of the molecule is Oc1cc(-c2nnc3c(N4C[C@@H]5C[C@H]4CN5)nc(C#C[C@@]45CCCN4C[C@H](F)C5)nc3c2F)c2c(F)cccc2c1. The molecule has 2 aromatic heterocycles. The van der Waals surface area contributed by atoms with Crippen molar-refractivity contribution in [3.8, 4) is 28.8 Å². The van der Waals surface area contributed by atoms with Gasteiger partial charge in [-0.3, -0.25) is 4.90 Å². The molecule has 0 amide bonds. The number of alkyl halides is 1. The standard InChI is InChI=1S/C30H26F3N7O/c31-17-12-30(6-2-8-39(30)14-17)7-5-23-35-27-25(33)26(21-11-20(41)9-16-3-1-4-22(32)24(16)21)37-38-28(27)29(36-23)40-15-18-10-19(40)13-34-18/h1,3-4,9,11,17-19,34,41H,2,6,8,10,12-15H2/t17-,18+,19+,30-/m1/s1. The largest absolute Gasteiger partial charge is 0.508 e. The summed E-state index contributed by atoms with van der Waals surface area (Å²) in [5.41, 5.74) is -0.605.